The average molecular weight is 395 g/mol. The van der Waals surface area contributed by atoms with Gasteiger partial charge < -0.3 is 25.2 Å². The van der Waals surface area contributed by atoms with E-state index < -0.39 is 16.9 Å². The number of anilines is 1. The Kier molecular flexibility index (Phi) is 7.42. The molecule has 0 aromatic heterocycles. The van der Waals surface area contributed by atoms with E-state index in [-0.39, 0.29) is 29.1 Å². The van der Waals surface area contributed by atoms with Crippen molar-refractivity contribution in [2.45, 2.75) is 45.6 Å². The van der Waals surface area contributed by atoms with Crippen molar-refractivity contribution >= 4 is 23.4 Å². The highest BCUT2D eigenvalue weighted by Gasteiger charge is 2.27. The second kappa shape index (κ2) is 9.77. The van der Waals surface area contributed by atoms with Crippen LogP contribution in [0.25, 0.3) is 0 Å². The van der Waals surface area contributed by atoms with Gasteiger partial charge >= 0.3 is 12.0 Å². The van der Waals surface area contributed by atoms with Crippen molar-refractivity contribution in [2.24, 2.45) is 5.92 Å². The van der Waals surface area contributed by atoms with Gasteiger partial charge in [-0.25, -0.2) is 4.79 Å². The molecule has 0 atom stereocenters. The number of ether oxygens (including phenoxy) is 2. The van der Waals surface area contributed by atoms with E-state index in [0.29, 0.717) is 44.6 Å². The SMILES string of the molecule is CCOc1cc(NC(=O)NC2CCC(C(=O)O)CC2)c([N+](=O)[O-])cc1OCC. The molecule has 1 saturated carbocycles. The lowest BCUT2D eigenvalue weighted by molar-refractivity contribution is -0.384. The number of nitro groups is 1. The van der Waals surface area contributed by atoms with Crippen LogP contribution in [0.3, 0.4) is 0 Å². The maximum absolute atomic E-state index is 12.3. The Labute approximate surface area is 162 Å². The fraction of sp³-hybridized carbons (Fsp3) is 0.556. The van der Waals surface area contributed by atoms with Gasteiger partial charge in [0.15, 0.2) is 11.5 Å². The Balaban J connectivity index is 2.11. The van der Waals surface area contributed by atoms with E-state index in [9.17, 15) is 19.7 Å². The number of rotatable bonds is 8. The highest BCUT2D eigenvalue weighted by Crippen LogP contribution is 2.38. The largest absolute Gasteiger partial charge is 0.490 e. The predicted molar refractivity (Wildman–Crippen MR) is 101 cm³/mol. The van der Waals surface area contributed by atoms with Crippen LogP contribution in [0.15, 0.2) is 12.1 Å². The summed E-state index contributed by atoms with van der Waals surface area (Å²) in [5.74, 6) is -0.681. The van der Waals surface area contributed by atoms with Crippen LogP contribution in [-0.4, -0.2) is 41.3 Å². The maximum Gasteiger partial charge on any atom is 0.319 e. The fourth-order valence-corrected chi connectivity index (χ4v) is 3.17. The maximum atomic E-state index is 12.3. The first kappa shape index (κ1) is 21.3. The predicted octanol–water partition coefficient (Wildman–Crippen LogP) is 3.16. The summed E-state index contributed by atoms with van der Waals surface area (Å²) in [4.78, 5) is 34.1. The van der Waals surface area contributed by atoms with E-state index in [1.807, 2.05) is 0 Å². The molecule has 0 bridgehead atoms. The lowest BCUT2D eigenvalue weighted by Crippen LogP contribution is -2.41. The molecule has 3 N–H and O–H groups in total. The van der Waals surface area contributed by atoms with E-state index in [1.165, 1.54) is 12.1 Å². The van der Waals surface area contributed by atoms with Gasteiger partial charge in [0.1, 0.15) is 5.69 Å². The van der Waals surface area contributed by atoms with Gasteiger partial charge in [-0.1, -0.05) is 0 Å². The number of hydrogen-bond acceptors (Lipinski definition) is 6. The molecule has 0 saturated heterocycles. The summed E-state index contributed by atoms with van der Waals surface area (Å²) in [5.41, 5.74) is -0.315. The molecule has 1 aliphatic carbocycles. The first-order chi connectivity index (χ1) is 13.3. The van der Waals surface area contributed by atoms with Crippen LogP contribution in [0.1, 0.15) is 39.5 Å². The Morgan fingerprint density at radius 3 is 2.21 bits per heavy atom. The Bertz CT molecular complexity index is 730. The quantitative estimate of drug-likeness (QED) is 0.453. The van der Waals surface area contributed by atoms with Gasteiger partial charge in [-0.05, 0) is 39.5 Å². The molecule has 0 unspecified atom stereocenters. The Hall–Kier alpha value is -3.04. The van der Waals surface area contributed by atoms with Crippen LogP contribution in [0.2, 0.25) is 0 Å². The third-order valence-electron chi connectivity index (χ3n) is 4.52. The lowest BCUT2D eigenvalue weighted by Gasteiger charge is -2.26. The Morgan fingerprint density at radius 1 is 1.14 bits per heavy atom. The zero-order chi connectivity index (χ0) is 20.7. The van der Waals surface area contributed by atoms with Gasteiger partial charge in [-0.15, -0.1) is 0 Å². The molecular weight excluding hydrogens is 370 g/mol. The molecule has 10 heteroatoms. The van der Waals surface area contributed by atoms with Crippen LogP contribution in [-0.2, 0) is 4.79 Å². The van der Waals surface area contributed by atoms with Crippen molar-refractivity contribution in [3.8, 4) is 11.5 Å². The van der Waals surface area contributed by atoms with Gasteiger partial charge in [0.25, 0.3) is 5.69 Å². The lowest BCUT2D eigenvalue weighted by atomic mass is 9.86. The van der Waals surface area contributed by atoms with Crippen molar-refractivity contribution in [3.63, 3.8) is 0 Å². The number of nitrogens with one attached hydrogen (secondary N) is 2. The minimum absolute atomic E-state index is 0.00590. The molecule has 2 rings (SSSR count). The number of benzene rings is 1. The summed E-state index contributed by atoms with van der Waals surface area (Å²) < 4.78 is 10.8. The number of carboxylic acid groups (broad SMARTS) is 1. The number of hydrogen-bond donors (Lipinski definition) is 3. The summed E-state index contributed by atoms with van der Waals surface area (Å²) in [6, 6.07) is 1.83. The zero-order valence-corrected chi connectivity index (χ0v) is 15.9. The molecule has 1 aromatic rings. The van der Waals surface area contributed by atoms with Crippen molar-refractivity contribution < 1.29 is 29.1 Å². The molecule has 10 nitrogen and oxygen atoms in total. The van der Waals surface area contributed by atoms with Gasteiger partial charge in [0.2, 0.25) is 0 Å². The first-order valence-corrected chi connectivity index (χ1v) is 9.24. The number of carbonyl (C=O) groups excluding carboxylic acids is 1. The fourth-order valence-electron chi connectivity index (χ4n) is 3.17. The second-order valence-electron chi connectivity index (χ2n) is 6.42. The third-order valence-corrected chi connectivity index (χ3v) is 4.52. The van der Waals surface area contributed by atoms with Crippen molar-refractivity contribution in [1.29, 1.82) is 0 Å². The van der Waals surface area contributed by atoms with Gasteiger partial charge in [0.05, 0.1) is 30.1 Å². The standard InChI is InChI=1S/C18H25N3O7/c1-3-27-15-9-13(14(21(25)26)10-16(15)28-4-2)20-18(24)19-12-7-5-11(6-8-12)17(22)23/h9-12H,3-8H2,1-2H3,(H,22,23)(H2,19,20,24). The third kappa shape index (κ3) is 5.48. The summed E-state index contributed by atoms with van der Waals surface area (Å²) in [6.45, 7) is 4.16. The van der Waals surface area contributed by atoms with Crippen LogP contribution >= 0.6 is 0 Å². The molecule has 0 spiro atoms. The molecule has 28 heavy (non-hydrogen) atoms. The van der Waals surface area contributed by atoms with Crippen molar-refractivity contribution in [1.82, 2.24) is 5.32 Å². The Morgan fingerprint density at radius 2 is 1.71 bits per heavy atom. The topological polar surface area (TPSA) is 140 Å². The van der Waals surface area contributed by atoms with Crippen molar-refractivity contribution in [2.75, 3.05) is 18.5 Å². The number of nitrogens with zero attached hydrogens (tertiary/aromatic N) is 1. The van der Waals surface area contributed by atoms with Crippen molar-refractivity contribution in [3.05, 3.63) is 22.2 Å². The number of nitro benzene ring substituents is 1. The molecule has 0 heterocycles. The highest BCUT2D eigenvalue weighted by molar-refractivity contribution is 5.92. The number of aliphatic carboxylic acids is 1. The highest BCUT2D eigenvalue weighted by atomic mass is 16.6. The van der Waals surface area contributed by atoms with Crippen LogP contribution in [0, 0.1) is 16.0 Å². The normalized spacial score (nSPS) is 18.8. The minimum Gasteiger partial charge on any atom is -0.490 e. The molecule has 2 amide bonds. The van der Waals surface area contributed by atoms with E-state index in [4.69, 9.17) is 14.6 Å². The molecule has 0 aliphatic heterocycles. The van der Waals surface area contributed by atoms with E-state index in [2.05, 4.69) is 10.6 Å². The average Bonchev–Trinajstić information content (AvgIpc) is 2.64. The number of urea groups is 1. The molecule has 154 valence electrons. The molecular formula is C18H25N3O7. The van der Waals surface area contributed by atoms with Crippen LogP contribution in [0.5, 0.6) is 11.5 Å². The van der Waals surface area contributed by atoms with E-state index >= 15 is 0 Å². The molecule has 0 radical (unpaired) electrons. The van der Waals surface area contributed by atoms with Gasteiger partial charge in [-0.2, -0.15) is 0 Å². The van der Waals surface area contributed by atoms with Gasteiger partial charge in [-0.3, -0.25) is 14.9 Å². The summed E-state index contributed by atoms with van der Waals surface area (Å²) >= 11 is 0. The van der Waals surface area contributed by atoms with Crippen LogP contribution in [0.4, 0.5) is 16.2 Å². The minimum atomic E-state index is -0.823. The van der Waals surface area contributed by atoms with E-state index in [0.717, 1.165) is 0 Å². The summed E-state index contributed by atoms with van der Waals surface area (Å²) in [6.07, 6.45) is 2.05. The zero-order valence-electron chi connectivity index (χ0n) is 15.9. The van der Waals surface area contributed by atoms with E-state index in [1.54, 1.807) is 13.8 Å². The van der Waals surface area contributed by atoms with Gasteiger partial charge in [0, 0.05) is 12.1 Å². The number of amides is 2. The number of carboxylic acids is 1. The second-order valence-corrected chi connectivity index (χ2v) is 6.42. The molecule has 1 aromatic carbocycles. The molecule has 1 fully saturated rings. The summed E-state index contributed by atoms with van der Waals surface area (Å²) in [7, 11) is 0. The van der Waals surface area contributed by atoms with Crippen LogP contribution < -0.4 is 20.1 Å². The number of carbonyl (C=O) groups is 2. The molecule has 1 aliphatic rings. The smallest absolute Gasteiger partial charge is 0.319 e. The first-order valence-electron chi connectivity index (χ1n) is 9.24. The summed E-state index contributed by atoms with van der Waals surface area (Å²) in [5, 5.41) is 25.7. The monoisotopic (exact) mass is 395 g/mol.